The van der Waals surface area contributed by atoms with Crippen molar-refractivity contribution in [1.82, 2.24) is 10.6 Å². The minimum atomic E-state index is -0.0231. The number of allylic oxidation sites excluding steroid dienone is 8. The van der Waals surface area contributed by atoms with Crippen LogP contribution in [0.3, 0.4) is 0 Å². The first kappa shape index (κ1) is 38.5. The van der Waals surface area contributed by atoms with Crippen molar-refractivity contribution in [2.24, 2.45) is 5.92 Å². The van der Waals surface area contributed by atoms with E-state index in [2.05, 4.69) is 207 Å². The summed E-state index contributed by atoms with van der Waals surface area (Å²) >= 11 is 0. The summed E-state index contributed by atoms with van der Waals surface area (Å²) in [6.45, 7) is 4.94. The normalized spacial score (nSPS) is 23.7. The van der Waals surface area contributed by atoms with Crippen molar-refractivity contribution in [1.29, 1.82) is 0 Å². The molecular formula is C61H56N2. The van der Waals surface area contributed by atoms with Gasteiger partial charge >= 0.3 is 0 Å². The Bertz CT molecular complexity index is 2880. The first-order valence-electron chi connectivity index (χ1n) is 23.6. The van der Waals surface area contributed by atoms with Gasteiger partial charge in [-0.25, -0.2) is 0 Å². The van der Waals surface area contributed by atoms with E-state index in [1.54, 1.807) is 16.7 Å². The number of nitrogens with one attached hydrogen (secondary N) is 2. The van der Waals surface area contributed by atoms with Crippen LogP contribution in [0.15, 0.2) is 188 Å². The molecule has 1 aliphatic heterocycles. The smallest absolute Gasteiger partial charge is 0.104 e. The largest absolute Gasteiger partial charge is 0.366 e. The van der Waals surface area contributed by atoms with Gasteiger partial charge in [0.05, 0.1) is 6.04 Å². The highest BCUT2D eigenvalue weighted by Crippen LogP contribution is 2.64. The molecule has 0 bridgehead atoms. The van der Waals surface area contributed by atoms with Gasteiger partial charge in [-0.2, -0.15) is 0 Å². The van der Waals surface area contributed by atoms with Crippen LogP contribution in [-0.4, -0.2) is 0 Å². The fourth-order valence-electron chi connectivity index (χ4n) is 12.5. The molecule has 6 aromatic rings. The summed E-state index contributed by atoms with van der Waals surface area (Å²) < 4.78 is 0. The van der Waals surface area contributed by atoms with Crippen LogP contribution in [0.2, 0.25) is 0 Å². The maximum absolute atomic E-state index is 3.89. The molecule has 4 atom stereocenters. The maximum atomic E-state index is 3.89. The van der Waals surface area contributed by atoms with Crippen LogP contribution in [0, 0.1) is 5.92 Å². The number of benzene rings is 6. The predicted octanol–water partition coefficient (Wildman–Crippen LogP) is 14.8. The molecular weight excluding hydrogens is 761 g/mol. The molecule has 310 valence electrons. The van der Waals surface area contributed by atoms with Gasteiger partial charge in [0.25, 0.3) is 0 Å². The fraction of sp³-hybridized carbons (Fsp3) is 0.246. The molecule has 12 rings (SSSR count). The molecule has 0 amide bonds. The Hall–Kier alpha value is -6.22. The number of fused-ring (bicyclic) bond motifs is 8. The quantitative estimate of drug-likeness (QED) is 0.175. The average Bonchev–Trinajstić information content (AvgIpc) is 3.74. The number of rotatable bonds is 6. The summed E-state index contributed by atoms with van der Waals surface area (Å²) in [5, 5.41) is 7.70. The third-order valence-electron chi connectivity index (χ3n) is 15.8. The second-order valence-corrected chi connectivity index (χ2v) is 19.6. The molecule has 2 N–H and O–H groups in total. The first-order chi connectivity index (χ1) is 30.9. The summed E-state index contributed by atoms with van der Waals surface area (Å²) in [4.78, 5) is 0. The van der Waals surface area contributed by atoms with E-state index in [0.717, 1.165) is 18.5 Å². The summed E-state index contributed by atoms with van der Waals surface area (Å²) in [7, 11) is 0. The van der Waals surface area contributed by atoms with Crippen molar-refractivity contribution in [3.05, 3.63) is 238 Å². The minimum absolute atomic E-state index is 0.0117. The lowest BCUT2D eigenvalue weighted by molar-refractivity contribution is 0.233. The zero-order chi connectivity index (χ0) is 42.1. The van der Waals surface area contributed by atoms with Gasteiger partial charge in [-0.15, -0.1) is 0 Å². The van der Waals surface area contributed by atoms with Gasteiger partial charge in [0.15, 0.2) is 0 Å². The standard InChI is InChI=1S/C61H56N2/c1-60(2)54-36-48(32-33-50(54)51-38-56-52(37-55(51)60)49-18-10-11-19-53(49)61(56)34-12-5-13-35-61)44-22-20-42(21-23-44)43-26-30-46(31-27-43)58-39-57(62-59(63-58)47-16-8-4-9-17-47)45-28-24-41(25-29-45)40-14-6-3-7-15-40/h3-4,6-11,14-20,22,24-33,36-39,52,56,58-59,62-63H,5,12-13,21,23,34-35H2,1-2H3. The van der Waals surface area contributed by atoms with E-state index in [-0.39, 0.29) is 17.6 Å². The van der Waals surface area contributed by atoms with Crippen molar-refractivity contribution >= 4 is 22.4 Å². The Balaban J connectivity index is 0.802. The molecule has 0 radical (unpaired) electrons. The van der Waals surface area contributed by atoms with Crippen LogP contribution in [-0.2, 0) is 10.8 Å². The van der Waals surface area contributed by atoms with Gasteiger partial charge < -0.3 is 5.32 Å². The average molecular weight is 817 g/mol. The van der Waals surface area contributed by atoms with E-state index in [4.69, 9.17) is 0 Å². The molecule has 0 saturated heterocycles. The minimum Gasteiger partial charge on any atom is -0.366 e. The summed E-state index contributed by atoms with van der Waals surface area (Å²) in [5.74, 6) is 1.05. The van der Waals surface area contributed by atoms with Crippen LogP contribution >= 0.6 is 0 Å². The van der Waals surface area contributed by atoms with Crippen LogP contribution in [0.5, 0.6) is 0 Å². The van der Waals surface area contributed by atoms with Crippen molar-refractivity contribution in [2.75, 3.05) is 0 Å². The zero-order valence-electron chi connectivity index (χ0n) is 36.6. The van der Waals surface area contributed by atoms with Gasteiger partial charge in [-0.05, 0) is 127 Å². The Morgan fingerprint density at radius 2 is 1.16 bits per heavy atom. The van der Waals surface area contributed by atoms with Gasteiger partial charge in [0.1, 0.15) is 6.17 Å². The number of hydrogen-bond donors (Lipinski definition) is 2. The molecule has 1 fully saturated rings. The van der Waals surface area contributed by atoms with E-state index in [1.165, 1.54) is 98.9 Å². The highest BCUT2D eigenvalue weighted by atomic mass is 15.2. The summed E-state index contributed by atoms with van der Waals surface area (Å²) in [6, 6.07) is 56.5. The van der Waals surface area contributed by atoms with Gasteiger partial charge in [0, 0.05) is 22.4 Å². The lowest BCUT2D eigenvalue weighted by atomic mass is 9.62. The Morgan fingerprint density at radius 1 is 0.524 bits per heavy atom. The molecule has 4 unspecified atom stereocenters. The predicted molar refractivity (Wildman–Crippen MR) is 263 cm³/mol. The molecule has 1 spiro atoms. The van der Waals surface area contributed by atoms with E-state index in [1.807, 2.05) is 0 Å². The fourth-order valence-corrected chi connectivity index (χ4v) is 12.5. The first-order valence-corrected chi connectivity index (χ1v) is 23.6. The molecule has 63 heavy (non-hydrogen) atoms. The van der Waals surface area contributed by atoms with E-state index in [0.29, 0.717) is 17.3 Å². The molecule has 5 aliphatic carbocycles. The second kappa shape index (κ2) is 15.2. The van der Waals surface area contributed by atoms with E-state index in [9.17, 15) is 0 Å². The lowest BCUT2D eigenvalue weighted by Gasteiger charge is -2.41. The molecule has 1 saturated carbocycles. The van der Waals surface area contributed by atoms with E-state index >= 15 is 0 Å². The lowest BCUT2D eigenvalue weighted by Crippen LogP contribution is -2.39. The highest BCUT2D eigenvalue weighted by molar-refractivity contribution is 5.92. The molecule has 1 heterocycles. The van der Waals surface area contributed by atoms with Crippen LogP contribution in [0.4, 0.5) is 0 Å². The molecule has 6 aliphatic rings. The zero-order valence-corrected chi connectivity index (χ0v) is 36.6. The van der Waals surface area contributed by atoms with Gasteiger partial charge in [-0.3, -0.25) is 5.32 Å². The topological polar surface area (TPSA) is 24.1 Å². The Morgan fingerprint density at radius 3 is 1.90 bits per heavy atom. The third kappa shape index (κ3) is 6.48. The molecule has 2 heteroatoms. The summed E-state index contributed by atoms with van der Waals surface area (Å²) in [5.41, 5.74) is 22.4. The number of hydrogen-bond acceptors (Lipinski definition) is 2. The Kier molecular flexibility index (Phi) is 9.31. The SMILES string of the molecule is CC1(C)C2=CC3c4ccccc4C4(CCCCC4)C3C=C2c2ccc(C3=CC=C(c4ccc(C5C=C(c6ccc(-c7ccccc7)cc6)NC(c6ccccc6)N5)cc4)CC3)cc21. The van der Waals surface area contributed by atoms with Crippen molar-refractivity contribution in [3.8, 4) is 11.1 Å². The van der Waals surface area contributed by atoms with Crippen LogP contribution in [0.1, 0.15) is 127 Å². The van der Waals surface area contributed by atoms with Crippen molar-refractivity contribution < 1.29 is 0 Å². The van der Waals surface area contributed by atoms with Crippen LogP contribution in [0.25, 0.3) is 33.5 Å². The monoisotopic (exact) mass is 816 g/mol. The van der Waals surface area contributed by atoms with E-state index < -0.39 is 0 Å². The Labute approximate surface area is 373 Å². The second-order valence-electron chi connectivity index (χ2n) is 19.6. The third-order valence-corrected chi connectivity index (χ3v) is 15.8. The van der Waals surface area contributed by atoms with Gasteiger partial charge in [0.2, 0.25) is 0 Å². The summed E-state index contributed by atoms with van der Waals surface area (Å²) in [6.07, 6.45) is 21.4. The van der Waals surface area contributed by atoms with Crippen LogP contribution < -0.4 is 10.6 Å². The van der Waals surface area contributed by atoms with Crippen molar-refractivity contribution in [3.63, 3.8) is 0 Å². The molecule has 2 nitrogen and oxygen atoms in total. The van der Waals surface area contributed by atoms with Crippen molar-refractivity contribution in [2.45, 2.75) is 87.7 Å². The van der Waals surface area contributed by atoms with Gasteiger partial charge in [-0.1, -0.05) is 203 Å². The molecule has 0 aromatic heterocycles. The molecule has 6 aromatic carbocycles. The highest BCUT2D eigenvalue weighted by Gasteiger charge is 2.53. The maximum Gasteiger partial charge on any atom is 0.104 e.